The third-order valence-electron chi connectivity index (χ3n) is 4.09. The van der Waals surface area contributed by atoms with Crippen molar-refractivity contribution in [3.8, 4) is 0 Å². The van der Waals surface area contributed by atoms with Crippen molar-refractivity contribution in [2.24, 2.45) is 11.7 Å². The van der Waals surface area contributed by atoms with Gasteiger partial charge in [0.15, 0.2) is 0 Å². The lowest BCUT2D eigenvalue weighted by Crippen LogP contribution is -2.42. The van der Waals surface area contributed by atoms with Gasteiger partial charge in [-0.15, -0.1) is 12.4 Å². The lowest BCUT2D eigenvalue weighted by Gasteiger charge is -2.29. The normalized spacial score (nSPS) is 30.4. The van der Waals surface area contributed by atoms with Crippen molar-refractivity contribution >= 4 is 18.3 Å². The molecule has 1 amide bonds. The Hall–Kier alpha value is -0.280. The molecule has 2 fully saturated rings. The average Bonchev–Trinajstić information content (AvgIpc) is 2.31. The van der Waals surface area contributed by atoms with Crippen molar-refractivity contribution in [3.63, 3.8) is 0 Å². The van der Waals surface area contributed by atoms with Crippen LogP contribution in [-0.4, -0.2) is 18.0 Å². The van der Waals surface area contributed by atoms with Crippen LogP contribution in [0.15, 0.2) is 0 Å². The smallest absolute Gasteiger partial charge is 0.223 e. The van der Waals surface area contributed by atoms with E-state index in [1.54, 1.807) is 0 Å². The van der Waals surface area contributed by atoms with Crippen molar-refractivity contribution in [1.82, 2.24) is 5.32 Å². The van der Waals surface area contributed by atoms with Gasteiger partial charge in [0.1, 0.15) is 0 Å². The predicted molar refractivity (Wildman–Crippen MR) is 72.2 cm³/mol. The van der Waals surface area contributed by atoms with Crippen LogP contribution in [0, 0.1) is 5.92 Å². The fourth-order valence-corrected chi connectivity index (χ4v) is 2.95. The zero-order chi connectivity index (χ0) is 11.4. The average molecular weight is 261 g/mol. The fourth-order valence-electron chi connectivity index (χ4n) is 2.95. The van der Waals surface area contributed by atoms with Crippen molar-refractivity contribution in [2.45, 2.75) is 69.9 Å². The van der Waals surface area contributed by atoms with Gasteiger partial charge >= 0.3 is 0 Å². The van der Waals surface area contributed by atoms with Crippen LogP contribution in [0.1, 0.15) is 57.8 Å². The molecule has 0 atom stereocenters. The second-order valence-corrected chi connectivity index (χ2v) is 5.46. The minimum absolute atomic E-state index is 0. The summed E-state index contributed by atoms with van der Waals surface area (Å²) >= 11 is 0. The Labute approximate surface area is 110 Å². The lowest BCUT2D eigenvalue weighted by molar-refractivity contribution is -0.126. The Kier molecular flexibility index (Phi) is 6.28. The number of carbonyl (C=O) groups excluding carboxylic acids is 1. The Morgan fingerprint density at radius 1 is 0.941 bits per heavy atom. The summed E-state index contributed by atoms with van der Waals surface area (Å²) in [6.45, 7) is 0. The highest BCUT2D eigenvalue weighted by Crippen LogP contribution is 2.24. The molecule has 2 aliphatic rings. The molecule has 0 heterocycles. The minimum Gasteiger partial charge on any atom is -0.353 e. The maximum Gasteiger partial charge on any atom is 0.223 e. The number of nitrogens with one attached hydrogen (secondary N) is 1. The molecule has 100 valence electrons. The molecule has 0 spiro atoms. The van der Waals surface area contributed by atoms with Gasteiger partial charge in [-0.05, 0) is 38.5 Å². The van der Waals surface area contributed by atoms with E-state index in [1.807, 2.05) is 0 Å². The van der Waals surface area contributed by atoms with Gasteiger partial charge in [0, 0.05) is 18.0 Å². The van der Waals surface area contributed by atoms with E-state index in [1.165, 1.54) is 32.1 Å². The van der Waals surface area contributed by atoms with Crippen LogP contribution >= 0.6 is 12.4 Å². The molecule has 0 radical (unpaired) electrons. The second kappa shape index (κ2) is 7.22. The van der Waals surface area contributed by atoms with Crippen LogP contribution in [0.3, 0.4) is 0 Å². The van der Waals surface area contributed by atoms with Gasteiger partial charge in [0.2, 0.25) is 5.91 Å². The summed E-state index contributed by atoms with van der Waals surface area (Å²) in [5.41, 5.74) is 5.85. The van der Waals surface area contributed by atoms with Crippen LogP contribution in [0.4, 0.5) is 0 Å². The third-order valence-corrected chi connectivity index (χ3v) is 4.09. The quantitative estimate of drug-likeness (QED) is 0.801. The van der Waals surface area contributed by atoms with Crippen molar-refractivity contribution in [2.75, 3.05) is 0 Å². The van der Waals surface area contributed by atoms with Gasteiger partial charge in [0.05, 0.1) is 0 Å². The van der Waals surface area contributed by atoms with Crippen molar-refractivity contribution < 1.29 is 4.79 Å². The summed E-state index contributed by atoms with van der Waals surface area (Å²) in [5, 5.41) is 3.22. The first-order chi connectivity index (χ1) is 7.75. The molecule has 0 aromatic heterocycles. The molecule has 2 aliphatic carbocycles. The molecular formula is C13H25ClN2O. The number of halogens is 1. The second-order valence-electron chi connectivity index (χ2n) is 5.46. The van der Waals surface area contributed by atoms with E-state index in [2.05, 4.69) is 5.32 Å². The highest BCUT2D eigenvalue weighted by Gasteiger charge is 2.26. The van der Waals surface area contributed by atoms with Crippen LogP contribution in [0.5, 0.6) is 0 Å². The first kappa shape index (κ1) is 14.8. The largest absolute Gasteiger partial charge is 0.353 e. The van der Waals surface area contributed by atoms with Crippen LogP contribution in [0.25, 0.3) is 0 Å². The number of carbonyl (C=O) groups is 1. The minimum atomic E-state index is 0. The summed E-state index contributed by atoms with van der Waals surface area (Å²) < 4.78 is 0. The number of hydrogen-bond donors (Lipinski definition) is 2. The third kappa shape index (κ3) is 4.47. The summed E-state index contributed by atoms with van der Waals surface area (Å²) in [6.07, 6.45) is 10.3. The highest BCUT2D eigenvalue weighted by atomic mass is 35.5. The van der Waals surface area contributed by atoms with E-state index in [4.69, 9.17) is 5.73 Å². The van der Waals surface area contributed by atoms with E-state index < -0.39 is 0 Å². The molecule has 17 heavy (non-hydrogen) atoms. The Balaban J connectivity index is 0.00000144. The van der Waals surface area contributed by atoms with Crippen molar-refractivity contribution in [3.05, 3.63) is 0 Å². The molecule has 3 N–H and O–H groups in total. The number of rotatable bonds is 2. The maximum absolute atomic E-state index is 12.0. The summed E-state index contributed by atoms with van der Waals surface area (Å²) in [5.74, 6) is 0.528. The number of amides is 1. The Bertz CT molecular complexity index is 234. The molecule has 4 heteroatoms. The van der Waals surface area contributed by atoms with E-state index in [0.717, 1.165) is 25.7 Å². The molecule has 0 aromatic rings. The van der Waals surface area contributed by atoms with Crippen LogP contribution in [0.2, 0.25) is 0 Å². The van der Waals surface area contributed by atoms with Gasteiger partial charge in [-0.2, -0.15) is 0 Å². The van der Waals surface area contributed by atoms with Gasteiger partial charge in [-0.3, -0.25) is 4.79 Å². The molecule has 0 unspecified atom stereocenters. The first-order valence-corrected chi connectivity index (χ1v) is 6.81. The number of nitrogens with two attached hydrogens (primary N) is 1. The maximum atomic E-state index is 12.0. The van der Waals surface area contributed by atoms with Crippen molar-refractivity contribution in [1.29, 1.82) is 0 Å². The lowest BCUT2D eigenvalue weighted by atomic mass is 9.85. The van der Waals surface area contributed by atoms with Crippen LogP contribution in [-0.2, 0) is 4.79 Å². The predicted octanol–water partition coefficient (Wildman–Crippen LogP) is 2.37. The van der Waals surface area contributed by atoms with Gasteiger partial charge in [-0.1, -0.05) is 19.3 Å². The monoisotopic (exact) mass is 260 g/mol. The molecular weight excluding hydrogens is 236 g/mol. The van der Waals surface area contributed by atoms with E-state index in [0.29, 0.717) is 18.0 Å². The van der Waals surface area contributed by atoms with E-state index in [9.17, 15) is 4.79 Å². The topological polar surface area (TPSA) is 55.1 Å². The summed E-state index contributed by atoms with van der Waals surface area (Å²) in [4.78, 5) is 12.0. The van der Waals surface area contributed by atoms with Gasteiger partial charge in [-0.25, -0.2) is 0 Å². The molecule has 0 aromatic carbocycles. The first-order valence-electron chi connectivity index (χ1n) is 6.81. The van der Waals surface area contributed by atoms with Crippen LogP contribution < -0.4 is 11.1 Å². The molecule has 0 bridgehead atoms. The zero-order valence-electron chi connectivity index (χ0n) is 10.5. The summed E-state index contributed by atoms with van der Waals surface area (Å²) in [6, 6.07) is 0.788. The summed E-state index contributed by atoms with van der Waals surface area (Å²) in [7, 11) is 0. The van der Waals surface area contributed by atoms with E-state index >= 15 is 0 Å². The van der Waals surface area contributed by atoms with Gasteiger partial charge < -0.3 is 11.1 Å². The fraction of sp³-hybridized carbons (Fsp3) is 0.923. The molecule has 3 nitrogen and oxygen atoms in total. The molecule has 2 rings (SSSR count). The molecule has 0 aliphatic heterocycles. The Morgan fingerprint density at radius 2 is 1.53 bits per heavy atom. The SMILES string of the molecule is Cl.NC1CCC(C(=O)NC2CCCCC2)CC1. The zero-order valence-corrected chi connectivity index (χ0v) is 11.3. The Morgan fingerprint density at radius 3 is 2.12 bits per heavy atom. The number of hydrogen-bond acceptors (Lipinski definition) is 2. The van der Waals surface area contributed by atoms with E-state index in [-0.39, 0.29) is 18.3 Å². The molecule has 2 saturated carbocycles. The highest BCUT2D eigenvalue weighted by molar-refractivity contribution is 5.85. The standard InChI is InChI=1S/C13H24N2O.ClH/c14-11-8-6-10(7-9-11)13(16)15-12-4-2-1-3-5-12;/h10-12H,1-9,14H2,(H,15,16);1H. The van der Waals surface area contributed by atoms with Gasteiger partial charge in [0.25, 0.3) is 0 Å². The molecule has 0 saturated heterocycles.